The third kappa shape index (κ3) is 4.95. The highest BCUT2D eigenvalue weighted by Crippen LogP contribution is 2.30. The molecule has 1 aromatic heterocycles. The lowest BCUT2D eigenvalue weighted by atomic mass is 10.1. The molecule has 0 radical (unpaired) electrons. The molecule has 1 atom stereocenters. The van der Waals surface area contributed by atoms with Crippen LogP contribution in [-0.4, -0.2) is 72.0 Å². The van der Waals surface area contributed by atoms with Gasteiger partial charge in [0.15, 0.2) is 0 Å². The fourth-order valence-electron chi connectivity index (χ4n) is 4.43. The Labute approximate surface area is 187 Å². The Kier molecular flexibility index (Phi) is 6.36. The number of carbonyl (C=O) groups excluding carboxylic acids is 2. The number of halogens is 1. The molecule has 1 unspecified atom stereocenters. The van der Waals surface area contributed by atoms with Gasteiger partial charge in [0, 0.05) is 74.4 Å². The van der Waals surface area contributed by atoms with Crippen LogP contribution in [0.15, 0.2) is 24.3 Å². The van der Waals surface area contributed by atoms with E-state index in [0.29, 0.717) is 43.6 Å². The highest BCUT2D eigenvalue weighted by molar-refractivity contribution is 6.31. The minimum Gasteiger partial charge on any atom is -0.384 e. The lowest BCUT2D eigenvalue weighted by molar-refractivity contribution is -0.129. The normalized spacial score (nSPS) is 19.9. The summed E-state index contributed by atoms with van der Waals surface area (Å²) in [6.07, 6.45) is 2.91. The summed E-state index contributed by atoms with van der Waals surface area (Å²) in [5, 5.41) is 4.77. The molecule has 31 heavy (non-hydrogen) atoms. The van der Waals surface area contributed by atoms with E-state index in [1.54, 1.807) is 6.92 Å². The molecule has 3 amide bonds. The van der Waals surface area contributed by atoms with Gasteiger partial charge < -0.3 is 25.8 Å². The molecule has 2 aliphatic rings. The second-order valence-electron chi connectivity index (χ2n) is 8.31. The summed E-state index contributed by atoms with van der Waals surface area (Å²) in [4.78, 5) is 34.9. The summed E-state index contributed by atoms with van der Waals surface area (Å²) in [6.45, 7) is 5.60. The number of aromatic nitrogens is 1. The standard InChI is InChI=1S/C22H29ClN6O2/c1-15(30)29-7-3-2-4-17(14-29)25-22(31)28-10-8-27(9-11-28)20-13-21(24)26-19-12-16(23)5-6-18(19)20/h5-6,12-13,17H,2-4,7-11,14H2,1H3,(H2,24,26)(H,25,31). The van der Waals surface area contributed by atoms with Gasteiger partial charge in [-0.1, -0.05) is 11.6 Å². The summed E-state index contributed by atoms with van der Waals surface area (Å²) in [6, 6.07) is 7.47. The number of fused-ring (bicyclic) bond motifs is 1. The van der Waals surface area contributed by atoms with Crippen molar-refractivity contribution < 1.29 is 9.59 Å². The van der Waals surface area contributed by atoms with Crippen LogP contribution in [0.5, 0.6) is 0 Å². The van der Waals surface area contributed by atoms with E-state index >= 15 is 0 Å². The predicted molar refractivity (Wildman–Crippen MR) is 123 cm³/mol. The van der Waals surface area contributed by atoms with Gasteiger partial charge >= 0.3 is 6.03 Å². The van der Waals surface area contributed by atoms with Crippen molar-refractivity contribution in [2.45, 2.75) is 32.2 Å². The van der Waals surface area contributed by atoms with Crippen molar-refractivity contribution >= 4 is 45.9 Å². The van der Waals surface area contributed by atoms with Crippen LogP contribution in [-0.2, 0) is 4.79 Å². The molecule has 2 aromatic rings. The third-order valence-electron chi connectivity index (χ3n) is 6.12. The van der Waals surface area contributed by atoms with Gasteiger partial charge in [0.1, 0.15) is 5.82 Å². The van der Waals surface area contributed by atoms with Crippen LogP contribution in [0.4, 0.5) is 16.3 Å². The molecule has 166 valence electrons. The fraction of sp³-hybridized carbons (Fsp3) is 0.500. The number of nitrogens with zero attached hydrogens (tertiary/aromatic N) is 4. The van der Waals surface area contributed by atoms with Gasteiger partial charge in [-0.2, -0.15) is 0 Å². The molecule has 3 heterocycles. The van der Waals surface area contributed by atoms with Crippen molar-refractivity contribution in [3.63, 3.8) is 0 Å². The van der Waals surface area contributed by atoms with Crippen molar-refractivity contribution in [1.82, 2.24) is 20.1 Å². The SMILES string of the molecule is CC(=O)N1CCCCC(NC(=O)N2CCN(c3cc(N)nc4cc(Cl)ccc34)CC2)C1. The molecule has 8 nitrogen and oxygen atoms in total. The lowest BCUT2D eigenvalue weighted by Gasteiger charge is -2.37. The Morgan fingerprint density at radius 1 is 1.10 bits per heavy atom. The average molecular weight is 445 g/mol. The number of likely N-dealkylation sites (tertiary alicyclic amines) is 1. The number of urea groups is 1. The molecule has 2 fully saturated rings. The Hall–Kier alpha value is -2.74. The van der Waals surface area contributed by atoms with E-state index in [4.69, 9.17) is 17.3 Å². The highest BCUT2D eigenvalue weighted by Gasteiger charge is 2.26. The molecular formula is C22H29ClN6O2. The van der Waals surface area contributed by atoms with Gasteiger partial charge in [0.05, 0.1) is 5.52 Å². The first-order valence-electron chi connectivity index (χ1n) is 10.8. The number of hydrogen-bond donors (Lipinski definition) is 2. The van der Waals surface area contributed by atoms with Crippen LogP contribution >= 0.6 is 11.6 Å². The molecule has 9 heteroatoms. The van der Waals surface area contributed by atoms with Crippen molar-refractivity contribution in [1.29, 1.82) is 0 Å². The van der Waals surface area contributed by atoms with E-state index in [9.17, 15) is 9.59 Å². The number of amides is 3. The van der Waals surface area contributed by atoms with E-state index in [1.165, 1.54) is 0 Å². The van der Waals surface area contributed by atoms with Gasteiger partial charge in [0.25, 0.3) is 0 Å². The maximum Gasteiger partial charge on any atom is 0.317 e. The van der Waals surface area contributed by atoms with Crippen molar-refractivity contribution in [3.05, 3.63) is 29.3 Å². The molecule has 0 bridgehead atoms. The number of piperazine rings is 1. The molecule has 1 aromatic carbocycles. The van der Waals surface area contributed by atoms with Crippen molar-refractivity contribution in [3.8, 4) is 0 Å². The number of hydrogen-bond acceptors (Lipinski definition) is 5. The lowest BCUT2D eigenvalue weighted by Crippen LogP contribution is -2.55. The number of nitrogens with one attached hydrogen (secondary N) is 1. The van der Waals surface area contributed by atoms with Crippen LogP contribution < -0.4 is 16.0 Å². The summed E-state index contributed by atoms with van der Waals surface area (Å²) in [5.74, 6) is 0.522. The summed E-state index contributed by atoms with van der Waals surface area (Å²) >= 11 is 6.11. The van der Waals surface area contributed by atoms with Gasteiger partial charge in [-0.15, -0.1) is 0 Å². The number of pyridine rings is 1. The molecule has 2 aliphatic heterocycles. The van der Waals surface area contributed by atoms with Crippen molar-refractivity contribution in [2.24, 2.45) is 0 Å². The van der Waals surface area contributed by atoms with E-state index in [0.717, 1.165) is 42.4 Å². The number of rotatable bonds is 2. The quantitative estimate of drug-likeness (QED) is 0.742. The first-order valence-corrected chi connectivity index (χ1v) is 11.2. The minimum atomic E-state index is -0.0547. The number of benzene rings is 1. The van der Waals surface area contributed by atoms with Crippen LogP contribution in [0.1, 0.15) is 26.2 Å². The Morgan fingerprint density at radius 2 is 1.87 bits per heavy atom. The average Bonchev–Trinajstić information content (AvgIpc) is 2.98. The van der Waals surface area contributed by atoms with Gasteiger partial charge in [-0.3, -0.25) is 4.79 Å². The van der Waals surface area contributed by atoms with E-state index < -0.39 is 0 Å². The van der Waals surface area contributed by atoms with Gasteiger partial charge in [0.2, 0.25) is 5.91 Å². The van der Waals surface area contributed by atoms with E-state index in [1.807, 2.05) is 34.1 Å². The first kappa shape index (κ1) is 21.5. The smallest absolute Gasteiger partial charge is 0.317 e. The Bertz CT molecular complexity index is 971. The first-order chi connectivity index (χ1) is 14.9. The molecule has 4 rings (SSSR count). The zero-order chi connectivity index (χ0) is 22.0. The largest absolute Gasteiger partial charge is 0.384 e. The van der Waals surface area contributed by atoms with Crippen LogP contribution in [0.2, 0.25) is 5.02 Å². The molecule has 0 spiro atoms. The number of carbonyl (C=O) groups is 2. The maximum absolute atomic E-state index is 12.9. The van der Waals surface area contributed by atoms with Crippen LogP contribution in [0.25, 0.3) is 10.9 Å². The monoisotopic (exact) mass is 444 g/mol. The summed E-state index contributed by atoms with van der Waals surface area (Å²) < 4.78 is 0. The number of nitrogens with two attached hydrogens (primary N) is 1. The summed E-state index contributed by atoms with van der Waals surface area (Å²) in [5.41, 5.74) is 7.81. The second kappa shape index (κ2) is 9.18. The zero-order valence-electron chi connectivity index (χ0n) is 17.8. The maximum atomic E-state index is 12.9. The molecule has 2 saturated heterocycles. The number of nitrogen functional groups attached to an aromatic ring is 1. The van der Waals surface area contributed by atoms with E-state index in [2.05, 4.69) is 15.2 Å². The number of anilines is 2. The molecule has 0 saturated carbocycles. The Balaban J connectivity index is 1.39. The highest BCUT2D eigenvalue weighted by atomic mass is 35.5. The molecular weight excluding hydrogens is 416 g/mol. The van der Waals surface area contributed by atoms with Crippen LogP contribution in [0.3, 0.4) is 0 Å². The van der Waals surface area contributed by atoms with Gasteiger partial charge in [-0.25, -0.2) is 9.78 Å². The van der Waals surface area contributed by atoms with Crippen molar-refractivity contribution in [2.75, 3.05) is 49.9 Å². The summed E-state index contributed by atoms with van der Waals surface area (Å²) in [7, 11) is 0. The third-order valence-corrected chi connectivity index (χ3v) is 6.36. The topological polar surface area (TPSA) is 94.8 Å². The fourth-order valence-corrected chi connectivity index (χ4v) is 4.59. The molecule has 3 N–H and O–H groups in total. The van der Waals surface area contributed by atoms with E-state index in [-0.39, 0.29) is 18.0 Å². The molecule has 0 aliphatic carbocycles. The zero-order valence-corrected chi connectivity index (χ0v) is 18.6. The predicted octanol–water partition coefficient (Wildman–Crippen LogP) is 2.70. The minimum absolute atomic E-state index is 0.00520. The van der Waals surface area contributed by atoms with Crippen LogP contribution in [0, 0.1) is 0 Å². The Morgan fingerprint density at radius 3 is 2.61 bits per heavy atom. The second-order valence-corrected chi connectivity index (χ2v) is 8.75. The van der Waals surface area contributed by atoms with Gasteiger partial charge in [-0.05, 0) is 37.5 Å².